The first-order valence-electron chi connectivity index (χ1n) is 6.89. The van der Waals surface area contributed by atoms with Crippen LogP contribution in [0.25, 0.3) is 0 Å². The van der Waals surface area contributed by atoms with Crippen molar-refractivity contribution in [3.05, 3.63) is 0 Å². The number of carbonyl (C=O) groups is 2. The lowest BCUT2D eigenvalue weighted by Crippen LogP contribution is -2.52. The predicted molar refractivity (Wildman–Crippen MR) is 77.5 cm³/mol. The van der Waals surface area contributed by atoms with E-state index in [1.54, 1.807) is 6.92 Å². The van der Waals surface area contributed by atoms with Gasteiger partial charge < -0.3 is 16.4 Å². The molecule has 4 N–H and O–H groups in total. The number of nitrogens with two attached hydrogens (primary N) is 1. The molecule has 2 unspecified atom stereocenters. The fraction of sp³-hybridized carbons (Fsp3) is 0.857. The van der Waals surface area contributed by atoms with Gasteiger partial charge in [-0.1, -0.05) is 13.8 Å². The van der Waals surface area contributed by atoms with Crippen molar-refractivity contribution < 1.29 is 9.59 Å². The summed E-state index contributed by atoms with van der Waals surface area (Å²) in [6, 6.07) is -0.548. The monoisotopic (exact) mass is 271 g/mol. The molecule has 0 fully saturated rings. The van der Waals surface area contributed by atoms with Gasteiger partial charge in [-0.25, -0.2) is 0 Å². The molecule has 0 aromatic carbocycles. The van der Waals surface area contributed by atoms with Crippen LogP contribution in [-0.2, 0) is 9.59 Å². The van der Waals surface area contributed by atoms with Crippen LogP contribution in [0.4, 0.5) is 0 Å². The van der Waals surface area contributed by atoms with Crippen LogP contribution in [0.2, 0.25) is 0 Å². The maximum absolute atomic E-state index is 12.0. The smallest absolute Gasteiger partial charge is 0.242 e. The van der Waals surface area contributed by atoms with Crippen LogP contribution in [-0.4, -0.2) is 29.9 Å². The summed E-state index contributed by atoms with van der Waals surface area (Å²) >= 11 is 0. The minimum atomic E-state index is -0.548. The van der Waals surface area contributed by atoms with E-state index in [1.165, 1.54) is 0 Å². The molecule has 0 heterocycles. The highest BCUT2D eigenvalue weighted by molar-refractivity contribution is 5.88. The van der Waals surface area contributed by atoms with Crippen molar-refractivity contribution in [2.45, 2.75) is 59.5 Å². The zero-order valence-corrected chi connectivity index (χ0v) is 13.0. The van der Waals surface area contributed by atoms with E-state index >= 15 is 0 Å². The van der Waals surface area contributed by atoms with Crippen molar-refractivity contribution in [2.75, 3.05) is 6.54 Å². The van der Waals surface area contributed by atoms with E-state index in [4.69, 9.17) is 5.73 Å². The van der Waals surface area contributed by atoms with Crippen LogP contribution in [0.15, 0.2) is 0 Å². The Kier molecular flexibility index (Phi) is 7.05. The average Bonchev–Trinajstić information content (AvgIpc) is 2.22. The lowest BCUT2D eigenvalue weighted by molar-refractivity contribution is -0.131. The summed E-state index contributed by atoms with van der Waals surface area (Å²) in [5.74, 6) is -0.156. The molecule has 5 nitrogen and oxygen atoms in total. The van der Waals surface area contributed by atoms with Crippen LogP contribution in [0, 0.1) is 11.8 Å². The van der Waals surface area contributed by atoms with Gasteiger partial charge in [-0.15, -0.1) is 0 Å². The van der Waals surface area contributed by atoms with E-state index in [9.17, 15) is 9.59 Å². The minimum Gasteiger partial charge on any atom is -0.350 e. The Hall–Kier alpha value is -1.10. The van der Waals surface area contributed by atoms with Crippen LogP contribution >= 0.6 is 0 Å². The van der Waals surface area contributed by atoms with Crippen LogP contribution in [0.1, 0.15) is 48.0 Å². The number of hydrogen-bond donors (Lipinski definition) is 3. The Balaban J connectivity index is 4.41. The summed E-state index contributed by atoms with van der Waals surface area (Å²) in [6.07, 6.45) is 0.732. The number of hydrogen-bond acceptors (Lipinski definition) is 3. The molecular weight excluding hydrogens is 242 g/mol. The molecule has 112 valence electrons. The Bertz CT molecular complexity index is 308. The van der Waals surface area contributed by atoms with Gasteiger partial charge in [0.25, 0.3) is 0 Å². The third-order valence-corrected chi connectivity index (χ3v) is 2.66. The normalized spacial score (nSPS) is 14.9. The molecule has 0 spiro atoms. The second-order valence-electron chi connectivity index (χ2n) is 6.53. The quantitative estimate of drug-likeness (QED) is 0.674. The van der Waals surface area contributed by atoms with Crippen molar-refractivity contribution in [1.29, 1.82) is 0 Å². The summed E-state index contributed by atoms with van der Waals surface area (Å²) in [5.41, 5.74) is 5.31. The number of rotatable bonds is 6. The standard InChI is InChI=1S/C14H29N3O2/c1-9(2)7-11(8-15)13(19)16-10(3)12(18)17-14(4,5)6/h9-11H,7-8,15H2,1-6H3,(H,16,19)(H,17,18). The van der Waals surface area contributed by atoms with Crippen molar-refractivity contribution in [2.24, 2.45) is 17.6 Å². The van der Waals surface area contributed by atoms with Gasteiger partial charge in [-0.05, 0) is 40.0 Å². The lowest BCUT2D eigenvalue weighted by atomic mass is 9.96. The van der Waals surface area contributed by atoms with Gasteiger partial charge in [-0.3, -0.25) is 9.59 Å². The van der Waals surface area contributed by atoms with Gasteiger partial charge in [-0.2, -0.15) is 0 Å². The van der Waals surface area contributed by atoms with Crippen LogP contribution in [0.3, 0.4) is 0 Å². The highest BCUT2D eigenvalue weighted by Gasteiger charge is 2.24. The Morgan fingerprint density at radius 3 is 2.00 bits per heavy atom. The fourth-order valence-electron chi connectivity index (χ4n) is 1.75. The topological polar surface area (TPSA) is 84.2 Å². The van der Waals surface area contributed by atoms with E-state index < -0.39 is 6.04 Å². The molecule has 0 rings (SSSR count). The van der Waals surface area contributed by atoms with E-state index in [1.807, 2.05) is 34.6 Å². The molecule has 0 aromatic heterocycles. The number of nitrogens with one attached hydrogen (secondary N) is 2. The Morgan fingerprint density at radius 1 is 1.11 bits per heavy atom. The third kappa shape index (κ3) is 7.82. The average molecular weight is 271 g/mol. The first-order valence-corrected chi connectivity index (χ1v) is 6.89. The molecule has 0 saturated carbocycles. The van der Waals surface area contributed by atoms with E-state index in [-0.39, 0.29) is 23.3 Å². The summed E-state index contributed by atoms with van der Waals surface area (Å²) in [5, 5.41) is 5.56. The summed E-state index contributed by atoms with van der Waals surface area (Å²) in [6.45, 7) is 11.8. The minimum absolute atomic E-state index is 0.146. The zero-order valence-electron chi connectivity index (χ0n) is 13.0. The van der Waals surface area contributed by atoms with Gasteiger partial charge in [0, 0.05) is 12.1 Å². The van der Waals surface area contributed by atoms with Crippen molar-refractivity contribution in [3.8, 4) is 0 Å². The molecule has 0 bridgehead atoms. The van der Waals surface area contributed by atoms with E-state index in [0.29, 0.717) is 12.5 Å². The highest BCUT2D eigenvalue weighted by Crippen LogP contribution is 2.11. The molecule has 19 heavy (non-hydrogen) atoms. The molecule has 2 atom stereocenters. The number of carbonyl (C=O) groups excluding carboxylic acids is 2. The Morgan fingerprint density at radius 2 is 1.63 bits per heavy atom. The van der Waals surface area contributed by atoms with E-state index in [0.717, 1.165) is 6.42 Å². The molecule has 0 aliphatic rings. The third-order valence-electron chi connectivity index (χ3n) is 2.66. The lowest BCUT2D eigenvalue weighted by Gasteiger charge is -2.25. The molecule has 2 amide bonds. The van der Waals surface area contributed by atoms with Gasteiger partial charge in [0.15, 0.2) is 0 Å². The summed E-state index contributed by atoms with van der Waals surface area (Å²) in [4.78, 5) is 23.9. The van der Waals surface area contributed by atoms with Crippen molar-refractivity contribution in [3.63, 3.8) is 0 Å². The molecule has 0 aliphatic heterocycles. The van der Waals surface area contributed by atoms with Gasteiger partial charge in [0.05, 0.1) is 5.92 Å². The van der Waals surface area contributed by atoms with Gasteiger partial charge in [0.1, 0.15) is 6.04 Å². The molecule has 0 aromatic rings. The highest BCUT2D eigenvalue weighted by atomic mass is 16.2. The largest absolute Gasteiger partial charge is 0.350 e. The van der Waals surface area contributed by atoms with Crippen LogP contribution < -0.4 is 16.4 Å². The van der Waals surface area contributed by atoms with Crippen molar-refractivity contribution >= 4 is 11.8 Å². The predicted octanol–water partition coefficient (Wildman–Crippen LogP) is 1.03. The maximum Gasteiger partial charge on any atom is 0.242 e. The summed E-state index contributed by atoms with van der Waals surface area (Å²) in [7, 11) is 0. The maximum atomic E-state index is 12.0. The zero-order chi connectivity index (χ0) is 15.2. The SMILES string of the molecule is CC(C)CC(CN)C(=O)NC(C)C(=O)NC(C)(C)C. The van der Waals surface area contributed by atoms with Gasteiger partial charge in [0.2, 0.25) is 11.8 Å². The second-order valence-corrected chi connectivity index (χ2v) is 6.53. The second kappa shape index (κ2) is 7.48. The van der Waals surface area contributed by atoms with E-state index in [2.05, 4.69) is 10.6 Å². The van der Waals surface area contributed by atoms with Gasteiger partial charge >= 0.3 is 0 Å². The number of amides is 2. The Labute approximate surface area is 116 Å². The molecule has 0 radical (unpaired) electrons. The summed E-state index contributed by atoms with van der Waals surface area (Å²) < 4.78 is 0. The molecule has 0 aliphatic carbocycles. The first-order chi connectivity index (χ1) is 8.56. The first kappa shape index (κ1) is 17.9. The molecular formula is C14H29N3O2. The van der Waals surface area contributed by atoms with Crippen LogP contribution in [0.5, 0.6) is 0 Å². The van der Waals surface area contributed by atoms with Crippen molar-refractivity contribution in [1.82, 2.24) is 10.6 Å². The molecule has 5 heteroatoms. The fourth-order valence-corrected chi connectivity index (χ4v) is 1.75. The molecule has 0 saturated heterocycles.